The summed E-state index contributed by atoms with van der Waals surface area (Å²) >= 11 is 0. The molecule has 0 saturated heterocycles. The minimum Gasteiger partial charge on any atom is -0.497 e. The average Bonchev–Trinajstić information content (AvgIpc) is 3.00. The molecule has 8 heteroatoms. The summed E-state index contributed by atoms with van der Waals surface area (Å²) in [6.45, 7) is 8.09. The van der Waals surface area contributed by atoms with E-state index in [2.05, 4.69) is 49.1 Å². The molecular formula is C34H50N2O6. The van der Waals surface area contributed by atoms with Crippen molar-refractivity contribution in [3.63, 3.8) is 0 Å². The number of rotatable bonds is 13. The lowest BCUT2D eigenvalue weighted by Gasteiger charge is -2.38. The molecular weight excluding hydrogens is 532 g/mol. The van der Waals surface area contributed by atoms with Crippen molar-refractivity contribution in [3.05, 3.63) is 53.6 Å². The van der Waals surface area contributed by atoms with Crippen LogP contribution in [0.4, 0.5) is 10.5 Å². The number of carbonyl (C=O) groups is 1. The second-order valence-corrected chi connectivity index (χ2v) is 12.2. The Kier molecular flexibility index (Phi) is 11.8. The fourth-order valence-corrected chi connectivity index (χ4v) is 6.11. The Morgan fingerprint density at radius 1 is 1.10 bits per heavy atom. The quantitative estimate of drug-likeness (QED) is 0.249. The number of fused-ring (bicyclic) bond motifs is 1. The lowest BCUT2D eigenvalue weighted by atomic mass is 9.73. The second-order valence-electron chi connectivity index (χ2n) is 12.2. The lowest BCUT2D eigenvalue weighted by Crippen LogP contribution is -2.35. The Balaban J connectivity index is 1.46. The zero-order valence-corrected chi connectivity index (χ0v) is 26.3. The molecule has 2 aliphatic rings. The molecule has 2 aromatic carbocycles. The van der Waals surface area contributed by atoms with Crippen LogP contribution in [0.2, 0.25) is 0 Å². The van der Waals surface area contributed by atoms with Crippen molar-refractivity contribution in [2.24, 2.45) is 11.8 Å². The maximum Gasteiger partial charge on any atom is 0.409 e. The van der Waals surface area contributed by atoms with E-state index in [-0.39, 0.29) is 30.1 Å². The number of nitrogens with zero attached hydrogens (tertiary/aromatic N) is 2. The summed E-state index contributed by atoms with van der Waals surface area (Å²) in [6, 6.07) is 14.8. The number of ether oxygens (including phenoxy) is 5. The molecule has 4 rings (SSSR count). The number of hydrogen-bond acceptors (Lipinski definition) is 7. The minimum absolute atomic E-state index is 0.0987. The van der Waals surface area contributed by atoms with Crippen LogP contribution in [0.15, 0.2) is 42.5 Å². The molecule has 8 nitrogen and oxygen atoms in total. The fraction of sp³-hybridized carbons (Fsp3) is 0.618. The summed E-state index contributed by atoms with van der Waals surface area (Å²) < 4.78 is 29.2. The first kappa shape index (κ1) is 32.0. The Labute approximate surface area is 252 Å². The number of carbonyl (C=O) groups excluding carboxylic acids is 1. The molecule has 0 N–H and O–H groups in total. The molecule has 0 aromatic heterocycles. The van der Waals surface area contributed by atoms with Gasteiger partial charge in [-0.25, -0.2) is 4.79 Å². The first-order valence-electron chi connectivity index (χ1n) is 15.4. The van der Waals surface area contributed by atoms with Crippen molar-refractivity contribution in [3.8, 4) is 11.5 Å². The lowest BCUT2D eigenvalue weighted by molar-refractivity contribution is -0.0197. The van der Waals surface area contributed by atoms with Gasteiger partial charge in [-0.2, -0.15) is 0 Å². The SMILES string of the molecule is COCCCN1CCOc2ccc(CO[C@H]3CC[C@@H](C[C@H](OC(=O)N(C)C)C(C)C)C[C@@H]3c3ccc(OC)cc3)cc21. The van der Waals surface area contributed by atoms with Gasteiger partial charge >= 0.3 is 6.09 Å². The van der Waals surface area contributed by atoms with Gasteiger partial charge in [-0.1, -0.05) is 32.0 Å². The smallest absolute Gasteiger partial charge is 0.409 e. The molecule has 1 saturated carbocycles. The number of anilines is 1. The van der Waals surface area contributed by atoms with Crippen LogP contribution in [-0.4, -0.2) is 77.8 Å². The summed E-state index contributed by atoms with van der Waals surface area (Å²) in [7, 11) is 6.91. The van der Waals surface area contributed by atoms with E-state index in [1.54, 1.807) is 28.3 Å². The largest absolute Gasteiger partial charge is 0.497 e. The first-order valence-corrected chi connectivity index (χ1v) is 15.4. The summed E-state index contributed by atoms with van der Waals surface area (Å²) in [5, 5.41) is 0. The van der Waals surface area contributed by atoms with Crippen molar-refractivity contribution in [2.45, 2.75) is 70.7 Å². The van der Waals surface area contributed by atoms with Crippen LogP contribution in [0.25, 0.3) is 0 Å². The highest BCUT2D eigenvalue weighted by Gasteiger charge is 2.35. The number of methoxy groups -OCH3 is 2. The minimum atomic E-state index is -0.273. The van der Waals surface area contributed by atoms with E-state index in [1.807, 2.05) is 12.1 Å². The van der Waals surface area contributed by atoms with Gasteiger partial charge in [0.05, 0.1) is 32.1 Å². The molecule has 0 unspecified atom stereocenters. The molecule has 0 spiro atoms. The van der Waals surface area contributed by atoms with Crippen molar-refractivity contribution in [1.29, 1.82) is 0 Å². The zero-order valence-electron chi connectivity index (χ0n) is 26.3. The number of benzene rings is 2. The van der Waals surface area contributed by atoms with Crippen molar-refractivity contribution in [2.75, 3.05) is 59.5 Å². The standard InChI is InChI=1S/C34H50N2O6/c1-24(2)33(42-34(37)35(3)4)22-25-8-14-31(29(20-25)27-10-12-28(39-6)13-11-27)41-23-26-9-15-32-30(21-26)36(17-19-40-32)16-7-18-38-5/h9-13,15,21,24-25,29,31,33H,7-8,14,16-20,22-23H2,1-6H3/t25-,29-,31+,33+/m1/s1. The van der Waals surface area contributed by atoms with Gasteiger partial charge in [0.25, 0.3) is 0 Å². The third-order valence-corrected chi connectivity index (χ3v) is 8.59. The topological polar surface area (TPSA) is 69.7 Å². The summed E-state index contributed by atoms with van der Waals surface area (Å²) in [6.07, 6.45) is 4.56. The molecule has 1 aliphatic carbocycles. The van der Waals surface area contributed by atoms with Crippen molar-refractivity contribution < 1.29 is 28.5 Å². The van der Waals surface area contributed by atoms with Crippen LogP contribution in [0.1, 0.15) is 63.0 Å². The van der Waals surface area contributed by atoms with Crippen LogP contribution >= 0.6 is 0 Å². The number of hydrogen-bond donors (Lipinski definition) is 0. The van der Waals surface area contributed by atoms with Gasteiger partial charge in [0.1, 0.15) is 24.2 Å². The van der Waals surface area contributed by atoms with Gasteiger partial charge < -0.3 is 33.5 Å². The van der Waals surface area contributed by atoms with Gasteiger partial charge in [-0.15, -0.1) is 0 Å². The van der Waals surface area contributed by atoms with Gasteiger partial charge in [0.15, 0.2) is 0 Å². The highest BCUT2D eigenvalue weighted by atomic mass is 16.6. The molecule has 0 radical (unpaired) electrons. The van der Waals surface area contributed by atoms with E-state index in [1.165, 1.54) is 10.5 Å². The van der Waals surface area contributed by atoms with Crippen LogP contribution in [-0.2, 0) is 20.8 Å². The predicted octanol–water partition coefficient (Wildman–Crippen LogP) is 6.51. The maximum atomic E-state index is 12.3. The molecule has 1 amide bonds. The van der Waals surface area contributed by atoms with Crippen LogP contribution < -0.4 is 14.4 Å². The third-order valence-electron chi connectivity index (χ3n) is 8.59. The molecule has 42 heavy (non-hydrogen) atoms. The summed E-state index contributed by atoms with van der Waals surface area (Å²) in [5.74, 6) is 2.74. The summed E-state index contributed by atoms with van der Waals surface area (Å²) in [5.41, 5.74) is 3.56. The van der Waals surface area contributed by atoms with E-state index in [4.69, 9.17) is 23.7 Å². The monoisotopic (exact) mass is 582 g/mol. The first-order chi connectivity index (χ1) is 20.3. The van der Waals surface area contributed by atoms with E-state index in [9.17, 15) is 4.79 Å². The number of amides is 1. The molecule has 2 aromatic rings. The van der Waals surface area contributed by atoms with E-state index in [0.29, 0.717) is 19.1 Å². The zero-order chi connectivity index (χ0) is 30.1. The fourth-order valence-electron chi connectivity index (χ4n) is 6.11. The molecule has 1 aliphatic heterocycles. The Bertz CT molecular complexity index is 1120. The Morgan fingerprint density at radius 2 is 1.88 bits per heavy atom. The highest BCUT2D eigenvalue weighted by Crippen LogP contribution is 2.42. The normalized spacial score (nSPS) is 20.9. The van der Waals surface area contributed by atoms with Gasteiger partial charge in [0.2, 0.25) is 0 Å². The highest BCUT2D eigenvalue weighted by molar-refractivity contribution is 5.67. The van der Waals surface area contributed by atoms with Crippen LogP contribution in [0, 0.1) is 11.8 Å². The van der Waals surface area contributed by atoms with Gasteiger partial charge in [-0.05, 0) is 79.3 Å². The second kappa shape index (κ2) is 15.5. The van der Waals surface area contributed by atoms with Crippen LogP contribution in [0.3, 0.4) is 0 Å². The van der Waals surface area contributed by atoms with E-state index >= 15 is 0 Å². The summed E-state index contributed by atoms with van der Waals surface area (Å²) in [4.78, 5) is 16.2. The Hall–Kier alpha value is -2.97. The molecule has 0 bridgehead atoms. The van der Waals surface area contributed by atoms with Crippen LogP contribution in [0.5, 0.6) is 11.5 Å². The molecule has 4 atom stereocenters. The van der Waals surface area contributed by atoms with Gasteiger partial charge in [0, 0.05) is 40.3 Å². The van der Waals surface area contributed by atoms with Crippen molar-refractivity contribution >= 4 is 11.8 Å². The maximum absolute atomic E-state index is 12.3. The van der Waals surface area contributed by atoms with Crippen molar-refractivity contribution in [1.82, 2.24) is 4.90 Å². The Morgan fingerprint density at radius 3 is 2.57 bits per heavy atom. The van der Waals surface area contributed by atoms with Gasteiger partial charge in [-0.3, -0.25) is 0 Å². The third kappa shape index (κ3) is 8.54. The molecule has 232 valence electrons. The van der Waals surface area contributed by atoms with E-state index < -0.39 is 0 Å². The average molecular weight is 583 g/mol. The van der Waals surface area contributed by atoms with E-state index in [0.717, 1.165) is 74.6 Å². The molecule has 1 fully saturated rings. The predicted molar refractivity (Wildman–Crippen MR) is 166 cm³/mol. The molecule has 1 heterocycles.